The van der Waals surface area contributed by atoms with Crippen molar-refractivity contribution in [2.24, 2.45) is 0 Å². The van der Waals surface area contributed by atoms with E-state index in [0.29, 0.717) is 0 Å². The fourth-order valence-electron chi connectivity index (χ4n) is 0.762. The van der Waals surface area contributed by atoms with Crippen molar-refractivity contribution in [2.75, 3.05) is 0 Å². The summed E-state index contributed by atoms with van der Waals surface area (Å²) in [4.78, 5) is 12.2. The monoisotopic (exact) mass is 166 g/mol. The predicted octanol–water partition coefficient (Wildman–Crippen LogP) is 2.28. The fraction of sp³-hybridized carbons (Fsp3) is 0. The first-order chi connectivity index (χ1) is 5.66. The van der Waals surface area contributed by atoms with E-state index >= 15 is 0 Å². The van der Waals surface area contributed by atoms with Crippen LogP contribution in [0, 0.1) is 22.5 Å². The van der Waals surface area contributed by atoms with E-state index in [1.54, 1.807) is 0 Å². The van der Waals surface area contributed by atoms with Crippen LogP contribution >= 0.6 is 0 Å². The maximum Gasteiger partial charge on any atom is 0.297 e. The van der Waals surface area contributed by atoms with Gasteiger partial charge in [0, 0.05) is 6.07 Å². The lowest BCUT2D eigenvalue weighted by Gasteiger charge is -1.94. The molecule has 0 bridgehead atoms. The Balaban J connectivity index is 3.40. The highest BCUT2D eigenvalue weighted by molar-refractivity contribution is 5.62. The number of rotatable bonds is 1. The number of benzene rings is 1. The van der Waals surface area contributed by atoms with Crippen molar-refractivity contribution < 1.29 is 9.31 Å². The van der Waals surface area contributed by atoms with Crippen LogP contribution in [0.15, 0.2) is 18.2 Å². The van der Waals surface area contributed by atoms with Crippen LogP contribution in [0.2, 0.25) is 0 Å². The Morgan fingerprint density at radius 2 is 2.25 bits per heavy atom. The highest BCUT2D eigenvalue weighted by Gasteiger charge is 2.17. The van der Waals surface area contributed by atoms with E-state index in [2.05, 4.69) is 4.85 Å². The SMILES string of the molecule is [C-]#[N+]c1c(F)cccc1[N+](=O)[O-]. The average molecular weight is 166 g/mol. The number of nitro benzene ring substituents is 1. The molecule has 0 atom stereocenters. The summed E-state index contributed by atoms with van der Waals surface area (Å²) < 4.78 is 12.7. The molecule has 0 saturated carbocycles. The van der Waals surface area contributed by atoms with Gasteiger partial charge in [-0.25, -0.2) is 9.24 Å². The van der Waals surface area contributed by atoms with Gasteiger partial charge in [0.25, 0.3) is 11.4 Å². The second-order valence-corrected chi connectivity index (χ2v) is 1.98. The molecule has 5 heteroatoms. The van der Waals surface area contributed by atoms with Crippen LogP contribution in [0.5, 0.6) is 0 Å². The lowest BCUT2D eigenvalue weighted by molar-refractivity contribution is -0.383. The predicted molar refractivity (Wildman–Crippen MR) is 39.3 cm³/mol. The van der Waals surface area contributed by atoms with Gasteiger partial charge in [-0.1, -0.05) is 6.07 Å². The number of hydrogen-bond acceptors (Lipinski definition) is 2. The van der Waals surface area contributed by atoms with Crippen LogP contribution in [-0.4, -0.2) is 4.92 Å². The maximum atomic E-state index is 12.7. The van der Waals surface area contributed by atoms with Crippen LogP contribution in [0.3, 0.4) is 0 Å². The van der Waals surface area contributed by atoms with Gasteiger partial charge in [-0.2, -0.15) is 0 Å². The standard InChI is InChI=1S/C7H3FN2O2/c1-9-7-5(8)3-2-4-6(7)10(11)12/h2-4H. The summed E-state index contributed by atoms with van der Waals surface area (Å²) in [7, 11) is 0. The molecule has 1 aromatic carbocycles. The van der Waals surface area contributed by atoms with E-state index in [4.69, 9.17) is 6.57 Å². The van der Waals surface area contributed by atoms with Gasteiger partial charge in [-0.15, -0.1) is 0 Å². The molecule has 0 aliphatic rings. The zero-order valence-corrected chi connectivity index (χ0v) is 5.82. The molecule has 0 heterocycles. The van der Waals surface area contributed by atoms with E-state index in [1.807, 2.05) is 0 Å². The molecule has 0 N–H and O–H groups in total. The molecular weight excluding hydrogens is 163 g/mol. The number of hydrogen-bond donors (Lipinski definition) is 0. The summed E-state index contributed by atoms with van der Waals surface area (Å²) in [6.07, 6.45) is 0. The Kier molecular flexibility index (Phi) is 2.01. The fourth-order valence-corrected chi connectivity index (χ4v) is 0.762. The van der Waals surface area contributed by atoms with Gasteiger partial charge in [0.15, 0.2) is 0 Å². The molecule has 0 aliphatic heterocycles. The van der Waals surface area contributed by atoms with Crippen LogP contribution in [-0.2, 0) is 0 Å². The van der Waals surface area contributed by atoms with Crippen LogP contribution in [0.4, 0.5) is 15.8 Å². The molecule has 12 heavy (non-hydrogen) atoms. The summed E-state index contributed by atoms with van der Waals surface area (Å²) in [5, 5.41) is 10.2. The smallest absolute Gasteiger partial charge is 0.260 e. The second-order valence-electron chi connectivity index (χ2n) is 1.98. The molecule has 4 nitrogen and oxygen atoms in total. The topological polar surface area (TPSA) is 47.5 Å². The molecule has 0 aliphatic carbocycles. The molecule has 0 aromatic heterocycles. The molecule has 60 valence electrons. The Morgan fingerprint density at radius 3 is 2.67 bits per heavy atom. The minimum atomic E-state index is -0.862. The third-order valence-corrected chi connectivity index (χ3v) is 1.27. The van der Waals surface area contributed by atoms with Crippen molar-refractivity contribution in [2.45, 2.75) is 0 Å². The minimum absolute atomic E-state index is 0.495. The highest BCUT2D eigenvalue weighted by atomic mass is 19.1. The second kappa shape index (κ2) is 2.96. The molecule has 0 fully saturated rings. The Morgan fingerprint density at radius 1 is 1.58 bits per heavy atom. The quantitative estimate of drug-likeness (QED) is 0.365. The Hall–Kier alpha value is -1.96. The lowest BCUT2D eigenvalue weighted by Crippen LogP contribution is -1.88. The number of para-hydroxylation sites is 1. The van der Waals surface area contributed by atoms with Crippen molar-refractivity contribution in [3.8, 4) is 0 Å². The summed E-state index contributed by atoms with van der Waals surface area (Å²) >= 11 is 0. The molecule has 0 saturated heterocycles. The van der Waals surface area contributed by atoms with E-state index in [0.717, 1.165) is 12.1 Å². The summed E-state index contributed by atoms with van der Waals surface area (Å²) in [5.41, 5.74) is -1.03. The zero-order valence-electron chi connectivity index (χ0n) is 5.82. The van der Waals surface area contributed by atoms with E-state index in [-0.39, 0.29) is 0 Å². The van der Waals surface area contributed by atoms with Gasteiger partial charge in [-0.3, -0.25) is 10.1 Å². The largest absolute Gasteiger partial charge is 0.297 e. The molecule has 1 aromatic rings. The normalized spacial score (nSPS) is 9.00. The first kappa shape index (κ1) is 8.14. The van der Waals surface area contributed by atoms with Crippen molar-refractivity contribution >= 4 is 11.4 Å². The van der Waals surface area contributed by atoms with Gasteiger partial charge in [0.05, 0.1) is 11.5 Å². The number of nitro groups is 1. The van der Waals surface area contributed by atoms with Gasteiger partial charge in [0.1, 0.15) is 5.82 Å². The van der Waals surface area contributed by atoms with Crippen molar-refractivity contribution in [3.63, 3.8) is 0 Å². The van der Waals surface area contributed by atoms with E-state index in [9.17, 15) is 14.5 Å². The third kappa shape index (κ3) is 1.22. The van der Waals surface area contributed by atoms with E-state index < -0.39 is 22.1 Å². The summed E-state index contributed by atoms with van der Waals surface area (Å²) in [6.45, 7) is 6.50. The highest BCUT2D eigenvalue weighted by Crippen LogP contribution is 2.29. The number of halogens is 1. The molecule has 0 radical (unpaired) electrons. The van der Waals surface area contributed by atoms with Crippen LogP contribution in [0.25, 0.3) is 4.85 Å². The zero-order chi connectivity index (χ0) is 9.14. The minimum Gasteiger partial charge on any atom is -0.260 e. The summed E-state index contributed by atoms with van der Waals surface area (Å²) in [5.74, 6) is -0.862. The van der Waals surface area contributed by atoms with Crippen LogP contribution in [0.1, 0.15) is 0 Å². The van der Waals surface area contributed by atoms with E-state index in [1.165, 1.54) is 6.07 Å². The van der Waals surface area contributed by atoms with Gasteiger partial charge >= 0.3 is 0 Å². The van der Waals surface area contributed by atoms with Gasteiger partial charge in [-0.05, 0) is 6.07 Å². The molecular formula is C7H3FN2O2. The molecule has 1 rings (SSSR count). The maximum absolute atomic E-state index is 12.7. The lowest BCUT2D eigenvalue weighted by atomic mass is 10.2. The third-order valence-electron chi connectivity index (χ3n) is 1.27. The average Bonchev–Trinajstić information content (AvgIpc) is 2.03. The molecule has 0 spiro atoms. The van der Waals surface area contributed by atoms with Gasteiger partial charge < -0.3 is 0 Å². The summed E-state index contributed by atoms with van der Waals surface area (Å²) in [6, 6.07) is 3.30. The first-order valence-corrected chi connectivity index (χ1v) is 2.97. The van der Waals surface area contributed by atoms with Gasteiger partial charge in [0.2, 0.25) is 0 Å². The van der Waals surface area contributed by atoms with Crippen molar-refractivity contribution in [1.82, 2.24) is 0 Å². The first-order valence-electron chi connectivity index (χ1n) is 2.97. The van der Waals surface area contributed by atoms with Crippen molar-refractivity contribution in [1.29, 1.82) is 0 Å². The Labute approximate surface area is 67.2 Å². The Bertz CT molecular complexity index is 370. The molecule has 0 amide bonds. The number of nitrogens with zero attached hydrogens (tertiary/aromatic N) is 2. The molecule has 0 unspecified atom stereocenters. The van der Waals surface area contributed by atoms with Crippen LogP contribution < -0.4 is 0 Å². The van der Waals surface area contributed by atoms with Crippen molar-refractivity contribution in [3.05, 3.63) is 45.5 Å².